The van der Waals surface area contributed by atoms with Crippen LogP contribution in [0.25, 0.3) is 0 Å². The molecule has 0 aliphatic rings. The van der Waals surface area contributed by atoms with E-state index in [4.69, 9.17) is 5.11 Å². The molecule has 0 radical (unpaired) electrons. The van der Waals surface area contributed by atoms with Gasteiger partial charge in [0.1, 0.15) is 5.75 Å². The number of nitro benzene ring substituents is 1. The van der Waals surface area contributed by atoms with Gasteiger partial charge in [0.2, 0.25) is 0 Å². The Kier molecular flexibility index (Phi) is 5.33. The first-order chi connectivity index (χ1) is 11.6. The summed E-state index contributed by atoms with van der Waals surface area (Å²) in [7, 11) is 0. The Labute approximate surface area is 142 Å². The Bertz CT molecular complexity index is 793. The first-order valence-electron chi connectivity index (χ1n) is 6.65. The number of benzene rings is 2. The van der Waals surface area contributed by atoms with E-state index in [9.17, 15) is 32.6 Å². The molecule has 2 aromatic carbocycles. The second-order valence-corrected chi connectivity index (χ2v) is 6.42. The van der Waals surface area contributed by atoms with Crippen molar-refractivity contribution in [3.8, 4) is 0 Å². The first kappa shape index (κ1) is 18.7. The van der Waals surface area contributed by atoms with Crippen LogP contribution in [-0.4, -0.2) is 20.6 Å². The van der Waals surface area contributed by atoms with E-state index in [0.29, 0.717) is 0 Å². The number of hydrogen-bond donors (Lipinski definition) is 1. The normalized spacial score (nSPS) is 12.6. The van der Waals surface area contributed by atoms with Gasteiger partial charge in [-0.2, -0.15) is 13.2 Å². The molecule has 2 aromatic rings. The van der Waals surface area contributed by atoms with E-state index in [1.165, 1.54) is 6.07 Å². The third kappa shape index (κ3) is 4.70. The maximum absolute atomic E-state index is 12.7. The van der Waals surface area contributed by atoms with Crippen molar-refractivity contribution >= 4 is 22.8 Å². The number of carboxylic acid groups (broad SMARTS) is 1. The SMILES string of the molecule is O=C(O)c1cc([N+](=O)[O-])cc([S+]([O-])Cc2cccc(C(F)(F)F)c2)c1. The third-order valence-electron chi connectivity index (χ3n) is 3.16. The van der Waals surface area contributed by atoms with Crippen LogP contribution >= 0.6 is 0 Å². The van der Waals surface area contributed by atoms with Crippen molar-refractivity contribution in [3.63, 3.8) is 0 Å². The maximum atomic E-state index is 12.7. The van der Waals surface area contributed by atoms with E-state index in [0.717, 1.165) is 36.4 Å². The lowest BCUT2D eigenvalue weighted by molar-refractivity contribution is -0.385. The molecule has 2 rings (SSSR count). The molecule has 6 nitrogen and oxygen atoms in total. The summed E-state index contributed by atoms with van der Waals surface area (Å²) in [4.78, 5) is 20.9. The molecule has 10 heteroatoms. The van der Waals surface area contributed by atoms with E-state index in [2.05, 4.69) is 0 Å². The number of nitro groups is 1. The van der Waals surface area contributed by atoms with Crippen molar-refractivity contribution in [1.29, 1.82) is 0 Å². The van der Waals surface area contributed by atoms with Gasteiger partial charge < -0.3 is 9.66 Å². The molecule has 0 saturated heterocycles. The number of alkyl halides is 3. The van der Waals surface area contributed by atoms with Crippen LogP contribution in [0, 0.1) is 10.1 Å². The van der Waals surface area contributed by atoms with Crippen LogP contribution in [0.4, 0.5) is 18.9 Å². The topological polar surface area (TPSA) is 104 Å². The predicted molar refractivity (Wildman–Crippen MR) is 81.6 cm³/mol. The monoisotopic (exact) mass is 373 g/mol. The molecule has 0 heterocycles. The fourth-order valence-corrected chi connectivity index (χ4v) is 3.18. The van der Waals surface area contributed by atoms with Crippen LogP contribution in [0.2, 0.25) is 0 Å². The number of nitrogens with zero attached hydrogens (tertiary/aromatic N) is 1. The van der Waals surface area contributed by atoms with Crippen molar-refractivity contribution in [2.75, 3.05) is 0 Å². The number of hydrogen-bond acceptors (Lipinski definition) is 4. The molecular formula is C15H10F3NO5S. The van der Waals surface area contributed by atoms with Crippen molar-refractivity contribution in [2.24, 2.45) is 0 Å². The summed E-state index contributed by atoms with van der Waals surface area (Å²) in [6.45, 7) is 0. The van der Waals surface area contributed by atoms with Crippen molar-refractivity contribution < 1.29 is 32.5 Å². The number of carboxylic acids is 1. The van der Waals surface area contributed by atoms with Gasteiger partial charge in [0, 0.05) is 17.7 Å². The Morgan fingerprint density at radius 1 is 1.20 bits per heavy atom. The minimum atomic E-state index is -4.56. The van der Waals surface area contributed by atoms with Crippen LogP contribution in [0.3, 0.4) is 0 Å². The predicted octanol–water partition coefficient (Wildman–Crippen LogP) is 3.62. The fraction of sp³-hybridized carbons (Fsp3) is 0.133. The van der Waals surface area contributed by atoms with E-state index in [1.807, 2.05) is 0 Å². The van der Waals surface area contributed by atoms with Crippen molar-refractivity contribution in [3.05, 3.63) is 69.3 Å². The lowest BCUT2D eigenvalue weighted by Crippen LogP contribution is -2.10. The number of aromatic carboxylic acids is 1. The lowest BCUT2D eigenvalue weighted by Gasteiger charge is -2.13. The number of non-ortho nitro benzene ring substituents is 1. The Balaban J connectivity index is 2.33. The fourth-order valence-electron chi connectivity index (χ4n) is 2.02. The summed E-state index contributed by atoms with van der Waals surface area (Å²) in [5.74, 6) is -1.79. The highest BCUT2D eigenvalue weighted by Crippen LogP contribution is 2.30. The largest absolute Gasteiger partial charge is 0.611 e. The van der Waals surface area contributed by atoms with Crippen LogP contribution in [0.15, 0.2) is 47.4 Å². The Morgan fingerprint density at radius 3 is 2.44 bits per heavy atom. The summed E-state index contributed by atoms with van der Waals surface area (Å²) < 4.78 is 50.4. The van der Waals surface area contributed by atoms with Gasteiger partial charge in [0.05, 0.1) is 22.1 Å². The van der Waals surface area contributed by atoms with E-state index in [-0.39, 0.29) is 16.2 Å². The molecule has 1 N–H and O–H groups in total. The molecule has 0 bridgehead atoms. The Hall–Kier alpha value is -2.59. The van der Waals surface area contributed by atoms with Crippen LogP contribution in [0.1, 0.15) is 21.5 Å². The molecule has 0 aliphatic heterocycles. The average Bonchev–Trinajstić information content (AvgIpc) is 2.53. The van der Waals surface area contributed by atoms with Crippen molar-refractivity contribution in [1.82, 2.24) is 0 Å². The molecule has 1 atom stereocenters. The highest BCUT2D eigenvalue weighted by Gasteiger charge is 2.31. The number of carbonyl (C=O) groups is 1. The molecule has 0 fully saturated rings. The van der Waals surface area contributed by atoms with Gasteiger partial charge in [0.25, 0.3) is 5.69 Å². The molecule has 0 aromatic heterocycles. The minimum Gasteiger partial charge on any atom is -0.611 e. The van der Waals surface area contributed by atoms with Crippen LogP contribution < -0.4 is 0 Å². The highest BCUT2D eigenvalue weighted by atomic mass is 32.2. The molecule has 0 amide bonds. The minimum absolute atomic E-state index is 0.108. The van der Waals surface area contributed by atoms with Crippen molar-refractivity contribution in [2.45, 2.75) is 16.8 Å². The molecule has 0 spiro atoms. The molecule has 0 saturated carbocycles. The zero-order valence-electron chi connectivity index (χ0n) is 12.3. The summed E-state index contributed by atoms with van der Waals surface area (Å²) in [6.07, 6.45) is -4.56. The van der Waals surface area contributed by atoms with Gasteiger partial charge in [-0.1, -0.05) is 12.1 Å². The van der Waals surface area contributed by atoms with Crippen LogP contribution in [0.5, 0.6) is 0 Å². The van der Waals surface area contributed by atoms with E-state index in [1.54, 1.807) is 0 Å². The lowest BCUT2D eigenvalue weighted by atomic mass is 10.1. The molecular weight excluding hydrogens is 363 g/mol. The smallest absolute Gasteiger partial charge is 0.416 e. The summed E-state index contributed by atoms with van der Waals surface area (Å²) in [6, 6.07) is 6.94. The average molecular weight is 373 g/mol. The second kappa shape index (κ2) is 7.11. The highest BCUT2D eigenvalue weighted by molar-refractivity contribution is 7.90. The maximum Gasteiger partial charge on any atom is 0.416 e. The molecule has 0 aliphatic carbocycles. The summed E-state index contributed by atoms with van der Waals surface area (Å²) >= 11 is -1.96. The zero-order chi connectivity index (χ0) is 18.8. The molecule has 1 unspecified atom stereocenters. The number of halogens is 3. The van der Waals surface area contributed by atoms with Gasteiger partial charge in [-0.15, -0.1) is 0 Å². The van der Waals surface area contributed by atoms with Gasteiger partial charge in [0.15, 0.2) is 4.90 Å². The Morgan fingerprint density at radius 2 is 1.88 bits per heavy atom. The zero-order valence-corrected chi connectivity index (χ0v) is 13.1. The van der Waals surface area contributed by atoms with Gasteiger partial charge in [-0.05, 0) is 23.3 Å². The molecule has 25 heavy (non-hydrogen) atoms. The van der Waals surface area contributed by atoms with Gasteiger partial charge in [-0.25, -0.2) is 4.79 Å². The number of rotatable bonds is 5. The first-order valence-corrected chi connectivity index (χ1v) is 7.97. The van der Waals surface area contributed by atoms with E-state index < -0.39 is 45.1 Å². The molecule has 132 valence electrons. The van der Waals surface area contributed by atoms with Crippen LogP contribution in [-0.2, 0) is 23.1 Å². The summed E-state index contributed by atoms with van der Waals surface area (Å²) in [5.41, 5.74) is -1.79. The third-order valence-corrected chi connectivity index (χ3v) is 4.52. The second-order valence-electron chi connectivity index (χ2n) is 4.97. The standard InChI is InChI=1S/C15H10F3NO5S/c16-15(17,18)11-3-1-2-9(4-11)8-25(24)13-6-10(14(20)21)5-12(7-13)19(22)23/h1-7H,8H2,(H,20,21). The quantitative estimate of drug-likeness (QED) is 0.490. The van der Waals surface area contributed by atoms with E-state index >= 15 is 0 Å². The van der Waals surface area contributed by atoms with Gasteiger partial charge >= 0.3 is 12.1 Å². The summed E-state index contributed by atoms with van der Waals surface area (Å²) in [5, 5.41) is 19.8. The van der Waals surface area contributed by atoms with Gasteiger partial charge in [-0.3, -0.25) is 10.1 Å².